The van der Waals surface area contributed by atoms with Crippen LogP contribution in [0.4, 0.5) is 0 Å². The van der Waals surface area contributed by atoms with E-state index in [1.165, 1.54) is 15.2 Å². The van der Waals surface area contributed by atoms with Gasteiger partial charge in [-0.25, -0.2) is 18.6 Å². The maximum atomic E-state index is 8.49. The van der Waals surface area contributed by atoms with Crippen LogP contribution in [0, 0.1) is 10.2 Å². The fourth-order valence-corrected chi connectivity index (χ4v) is 4.87. The van der Waals surface area contributed by atoms with Crippen LogP contribution in [0.3, 0.4) is 0 Å². The molecule has 10 heteroatoms. The number of allylic oxidation sites excluding steroid dienone is 2. The number of hydrogen-bond donors (Lipinski definition) is 0. The first-order valence-corrected chi connectivity index (χ1v) is 12.7. The number of hydrogen-bond acceptors (Lipinski definition) is 8. The lowest BCUT2D eigenvalue weighted by Gasteiger charge is -2.23. The molecule has 0 aliphatic carbocycles. The summed E-state index contributed by atoms with van der Waals surface area (Å²) in [5.74, 6) is 3.06. The van der Waals surface area contributed by atoms with Crippen molar-refractivity contribution in [3.63, 3.8) is 0 Å². The van der Waals surface area contributed by atoms with E-state index in [1.807, 2.05) is 36.4 Å². The Morgan fingerprint density at radius 3 is 1.94 bits per heavy atom. The maximum Gasteiger partial charge on any atom is 0.262 e. The molecular formula is C26H22ClNO7S. The molecule has 1 aromatic heterocycles. The maximum absolute atomic E-state index is 8.49. The van der Waals surface area contributed by atoms with Crippen molar-refractivity contribution in [2.24, 2.45) is 7.05 Å². The fourth-order valence-electron chi connectivity index (χ4n) is 3.81. The Balaban J connectivity index is 0.000000556. The number of thiazole rings is 1. The number of aromatic nitrogens is 1. The Morgan fingerprint density at radius 1 is 0.861 bits per heavy atom. The lowest BCUT2D eigenvalue weighted by Crippen LogP contribution is -2.68. The molecule has 0 saturated heterocycles. The second kappa shape index (κ2) is 10.7. The first-order valence-electron chi connectivity index (χ1n) is 10.6. The van der Waals surface area contributed by atoms with Crippen molar-refractivity contribution in [1.29, 1.82) is 0 Å². The van der Waals surface area contributed by atoms with E-state index < -0.39 is 10.2 Å². The summed E-state index contributed by atoms with van der Waals surface area (Å²) in [6.07, 6.45) is 6.40. The smallest absolute Gasteiger partial charge is 0.262 e. The van der Waals surface area contributed by atoms with Crippen LogP contribution >= 0.6 is 11.3 Å². The van der Waals surface area contributed by atoms with Crippen LogP contribution in [-0.2, 0) is 7.05 Å². The molecule has 186 valence electrons. The van der Waals surface area contributed by atoms with Crippen LogP contribution < -0.4 is 37.4 Å². The summed E-state index contributed by atoms with van der Waals surface area (Å²) < 4.78 is 54.4. The van der Waals surface area contributed by atoms with Crippen LogP contribution in [0.5, 0.6) is 23.0 Å². The summed E-state index contributed by atoms with van der Waals surface area (Å²) in [5, 5.41) is 1.19. The third kappa shape index (κ3) is 5.85. The van der Waals surface area contributed by atoms with E-state index in [1.54, 1.807) is 25.6 Å². The Labute approximate surface area is 213 Å². The van der Waals surface area contributed by atoms with E-state index in [4.69, 9.17) is 32.8 Å². The standard InChI is InChI=1S/C26H22NO3S.ClHO4/c1-27-22-8-4-5-9-25(22)31-26(27)10-6-7-19-20-13-11-17(28-2)15-23(20)30-24-16-18(29-3)12-14-21(19)24;2-1(3,4)5/h4-16H,1-3H3;(H,2,3,4,5)/q+1;/p-1/b10-6+;. The van der Waals surface area contributed by atoms with Crippen LogP contribution in [-0.4, -0.2) is 14.2 Å². The van der Waals surface area contributed by atoms with Gasteiger partial charge in [0.15, 0.2) is 0 Å². The van der Waals surface area contributed by atoms with Gasteiger partial charge in [-0.15, -0.1) is 10.2 Å². The van der Waals surface area contributed by atoms with E-state index in [2.05, 4.69) is 54.1 Å². The van der Waals surface area contributed by atoms with Gasteiger partial charge in [-0.1, -0.05) is 35.6 Å². The quantitative estimate of drug-likeness (QED) is 0.322. The number of nitrogens with zero attached hydrogens (tertiary/aromatic N) is 1. The number of methoxy groups -OCH3 is 2. The Hall–Kier alpha value is -3.44. The number of rotatable bonds is 4. The summed E-state index contributed by atoms with van der Waals surface area (Å²) in [6.45, 7) is 0. The molecule has 0 saturated carbocycles. The van der Waals surface area contributed by atoms with Crippen LogP contribution in [0.2, 0.25) is 0 Å². The van der Waals surface area contributed by atoms with Gasteiger partial charge in [0.05, 0.1) is 14.2 Å². The molecule has 0 unspecified atom stereocenters. The zero-order valence-electron chi connectivity index (χ0n) is 19.6. The van der Waals surface area contributed by atoms with E-state index in [9.17, 15) is 0 Å². The van der Waals surface area contributed by atoms with E-state index in [-0.39, 0.29) is 0 Å². The SMILES string of the molecule is COc1ccc2c(c1)Oc1cc(OC)ccc1C2=C/C=C/c1sc2ccccc2[n+]1C.[O-][Cl+3]([O-])([O-])[O-]. The molecule has 0 bridgehead atoms. The van der Waals surface area contributed by atoms with E-state index in [0.717, 1.165) is 39.7 Å². The highest BCUT2D eigenvalue weighted by Gasteiger charge is 2.23. The number of para-hydroxylation sites is 1. The Morgan fingerprint density at radius 2 is 1.42 bits per heavy atom. The van der Waals surface area contributed by atoms with Gasteiger partial charge in [-0.2, -0.15) is 4.57 Å². The van der Waals surface area contributed by atoms with Crippen molar-refractivity contribution in [2.75, 3.05) is 14.2 Å². The molecule has 5 rings (SSSR count). The minimum atomic E-state index is -4.94. The van der Waals surface area contributed by atoms with Gasteiger partial charge in [0.25, 0.3) is 5.01 Å². The first kappa shape index (κ1) is 25.6. The molecule has 8 nitrogen and oxygen atoms in total. The van der Waals surface area contributed by atoms with Gasteiger partial charge in [-0.05, 0) is 35.9 Å². The second-order valence-electron chi connectivity index (χ2n) is 7.61. The van der Waals surface area contributed by atoms with E-state index >= 15 is 0 Å². The van der Waals surface area contributed by atoms with Gasteiger partial charge in [0, 0.05) is 35.4 Å². The highest BCUT2D eigenvalue weighted by atomic mass is 35.7. The summed E-state index contributed by atoms with van der Waals surface area (Å²) in [5.41, 5.74) is 4.40. The fraction of sp³-hybridized carbons (Fsp3) is 0.115. The number of ether oxygens (including phenoxy) is 3. The average molecular weight is 528 g/mol. The third-order valence-corrected chi connectivity index (χ3v) is 6.64. The second-order valence-corrected chi connectivity index (χ2v) is 9.43. The average Bonchev–Trinajstić information content (AvgIpc) is 3.17. The molecule has 0 amide bonds. The van der Waals surface area contributed by atoms with Crippen LogP contribution in [0.25, 0.3) is 21.9 Å². The highest BCUT2D eigenvalue weighted by Crippen LogP contribution is 2.46. The minimum absolute atomic E-state index is 0.761. The monoisotopic (exact) mass is 527 g/mol. The van der Waals surface area contributed by atoms with Gasteiger partial charge < -0.3 is 14.2 Å². The lowest BCUT2D eigenvalue weighted by atomic mass is 9.93. The lowest BCUT2D eigenvalue weighted by molar-refractivity contribution is -2.00. The molecule has 0 radical (unpaired) electrons. The summed E-state index contributed by atoms with van der Waals surface area (Å²) in [4.78, 5) is 0. The summed E-state index contributed by atoms with van der Waals surface area (Å²) >= 11 is 1.78. The van der Waals surface area contributed by atoms with E-state index in [0.29, 0.717) is 0 Å². The molecule has 0 spiro atoms. The molecular weight excluding hydrogens is 506 g/mol. The van der Waals surface area contributed by atoms with Crippen molar-refractivity contribution in [1.82, 2.24) is 0 Å². The Bertz CT molecular complexity index is 1400. The van der Waals surface area contributed by atoms with Crippen molar-refractivity contribution in [3.05, 3.63) is 89.0 Å². The largest absolute Gasteiger partial charge is 0.497 e. The topological polar surface area (TPSA) is 124 Å². The van der Waals surface area contributed by atoms with Crippen LogP contribution in [0.1, 0.15) is 16.1 Å². The molecule has 1 aliphatic heterocycles. The van der Waals surface area contributed by atoms with Gasteiger partial charge >= 0.3 is 0 Å². The zero-order valence-corrected chi connectivity index (χ0v) is 21.2. The summed E-state index contributed by atoms with van der Waals surface area (Å²) in [7, 11) is 0.474. The number of fused-ring (bicyclic) bond motifs is 3. The zero-order chi connectivity index (χ0) is 25.9. The van der Waals surface area contributed by atoms with Gasteiger partial charge in [0.1, 0.15) is 34.7 Å². The molecule has 4 aromatic rings. The van der Waals surface area contributed by atoms with Gasteiger partial charge in [0.2, 0.25) is 5.52 Å². The molecule has 1 aliphatic rings. The minimum Gasteiger partial charge on any atom is -0.497 e. The van der Waals surface area contributed by atoms with Crippen molar-refractivity contribution >= 4 is 33.2 Å². The number of aryl methyl sites for hydroxylation is 1. The first-order chi connectivity index (χ1) is 17.2. The number of halogens is 1. The Kier molecular flexibility index (Phi) is 7.60. The summed E-state index contributed by atoms with van der Waals surface area (Å²) in [6, 6.07) is 20.3. The normalized spacial score (nSPS) is 12.4. The van der Waals surface area contributed by atoms with Crippen molar-refractivity contribution < 1.29 is 47.7 Å². The van der Waals surface area contributed by atoms with Crippen LogP contribution in [0.15, 0.2) is 72.8 Å². The molecule has 0 fully saturated rings. The predicted molar refractivity (Wildman–Crippen MR) is 125 cm³/mol. The third-order valence-electron chi connectivity index (χ3n) is 5.45. The molecule has 0 N–H and O–H groups in total. The predicted octanol–water partition coefficient (Wildman–Crippen LogP) is 1.24. The molecule has 36 heavy (non-hydrogen) atoms. The molecule has 3 aromatic carbocycles. The van der Waals surface area contributed by atoms with Crippen molar-refractivity contribution in [3.8, 4) is 23.0 Å². The highest BCUT2D eigenvalue weighted by molar-refractivity contribution is 7.18. The number of benzene rings is 3. The molecule has 0 atom stereocenters. The van der Waals surface area contributed by atoms with Crippen molar-refractivity contribution in [2.45, 2.75) is 0 Å². The van der Waals surface area contributed by atoms with Gasteiger partial charge in [-0.3, -0.25) is 0 Å². The molecule has 2 heterocycles.